The molecule has 186 valence electrons. The van der Waals surface area contributed by atoms with Gasteiger partial charge in [0, 0.05) is 6.54 Å². The summed E-state index contributed by atoms with van der Waals surface area (Å²) in [6.45, 7) is 0.295. The fraction of sp³-hybridized carbons (Fsp3) is 0.200. The number of carbonyl (C=O) groups is 2. The minimum atomic E-state index is -1.58. The highest BCUT2D eigenvalue weighted by atomic mass is 32.1. The monoisotopic (exact) mass is 509 g/mol. The second-order valence-corrected chi connectivity index (χ2v) is 8.34. The molecule has 1 unspecified atom stereocenters. The van der Waals surface area contributed by atoms with Gasteiger partial charge in [0.1, 0.15) is 23.1 Å². The lowest BCUT2D eigenvalue weighted by Crippen LogP contribution is -2.54. The first-order chi connectivity index (χ1) is 17.3. The van der Waals surface area contributed by atoms with Gasteiger partial charge in [-0.05, 0) is 59.7 Å². The van der Waals surface area contributed by atoms with Crippen LogP contribution in [0.2, 0.25) is 0 Å². The van der Waals surface area contributed by atoms with Crippen LogP contribution in [0, 0.1) is 5.82 Å². The average molecular weight is 510 g/mol. The van der Waals surface area contributed by atoms with E-state index in [1.54, 1.807) is 19.2 Å². The maximum Gasteiger partial charge on any atom is 0.258 e. The van der Waals surface area contributed by atoms with Crippen molar-refractivity contribution in [2.75, 3.05) is 19.5 Å². The van der Waals surface area contributed by atoms with Gasteiger partial charge in [0.2, 0.25) is 5.91 Å². The molecular weight excluding hydrogens is 485 g/mol. The lowest BCUT2D eigenvalue weighted by atomic mass is 9.85. The standard InChI is InChI=1S/C25H24FN5O4S/c1-34-19-9-3-16(4-10-19)14-28-31-24(36)30-23(33)25(31,17-5-7-18(26)8-6-17)13-22(32)29-21-12-11-20(35-2)15-27-21/h3-12,15,28H,13-14H2,1-2H3,(H,27,29,32)(H,30,33,36). The molecule has 2 amide bonds. The van der Waals surface area contributed by atoms with Gasteiger partial charge < -0.3 is 14.8 Å². The molecule has 2 heterocycles. The van der Waals surface area contributed by atoms with Crippen molar-refractivity contribution >= 4 is 35.0 Å². The molecule has 2 aromatic carbocycles. The van der Waals surface area contributed by atoms with Gasteiger partial charge in [-0.25, -0.2) is 14.8 Å². The number of hydrogen-bond donors (Lipinski definition) is 3. The van der Waals surface area contributed by atoms with Gasteiger partial charge in [-0.15, -0.1) is 0 Å². The Balaban J connectivity index is 1.64. The zero-order valence-electron chi connectivity index (χ0n) is 19.6. The number of nitrogens with one attached hydrogen (secondary N) is 3. The van der Waals surface area contributed by atoms with Gasteiger partial charge in [-0.1, -0.05) is 24.3 Å². The molecule has 0 bridgehead atoms. The summed E-state index contributed by atoms with van der Waals surface area (Å²) in [6, 6.07) is 16.0. The molecule has 11 heteroatoms. The zero-order chi connectivity index (χ0) is 25.7. The first-order valence-corrected chi connectivity index (χ1v) is 11.3. The van der Waals surface area contributed by atoms with Crippen molar-refractivity contribution in [3.63, 3.8) is 0 Å². The van der Waals surface area contributed by atoms with E-state index >= 15 is 0 Å². The fourth-order valence-electron chi connectivity index (χ4n) is 3.89. The van der Waals surface area contributed by atoms with Crippen molar-refractivity contribution < 1.29 is 23.5 Å². The third-order valence-electron chi connectivity index (χ3n) is 5.76. The summed E-state index contributed by atoms with van der Waals surface area (Å²) in [7, 11) is 3.09. The van der Waals surface area contributed by atoms with Crippen LogP contribution in [-0.2, 0) is 21.7 Å². The highest BCUT2D eigenvalue weighted by Gasteiger charge is 2.54. The normalized spacial score (nSPS) is 17.0. The lowest BCUT2D eigenvalue weighted by Gasteiger charge is -2.36. The summed E-state index contributed by atoms with van der Waals surface area (Å²) in [6.07, 6.45) is 1.14. The summed E-state index contributed by atoms with van der Waals surface area (Å²) < 4.78 is 24.0. The van der Waals surface area contributed by atoms with Gasteiger partial charge in [0.25, 0.3) is 5.91 Å². The first-order valence-electron chi connectivity index (χ1n) is 10.9. The van der Waals surface area contributed by atoms with Crippen LogP contribution in [0.4, 0.5) is 10.2 Å². The number of thiocarbonyl (C=S) groups is 1. The Morgan fingerprint density at radius 3 is 2.33 bits per heavy atom. The third kappa shape index (κ3) is 5.11. The number of benzene rings is 2. The number of aromatic nitrogens is 1. The number of rotatable bonds is 9. The van der Waals surface area contributed by atoms with E-state index in [2.05, 4.69) is 21.0 Å². The quantitative estimate of drug-likeness (QED) is 0.379. The molecule has 1 aliphatic heterocycles. The Labute approximate surface area is 212 Å². The molecule has 0 spiro atoms. The van der Waals surface area contributed by atoms with Crippen LogP contribution in [0.3, 0.4) is 0 Å². The Bertz CT molecular complexity index is 1250. The number of halogens is 1. The number of hydrazine groups is 1. The summed E-state index contributed by atoms with van der Waals surface area (Å²) >= 11 is 5.44. The Hall–Kier alpha value is -4.09. The van der Waals surface area contributed by atoms with Crippen molar-refractivity contribution in [2.24, 2.45) is 0 Å². The Kier molecular flexibility index (Phi) is 7.41. The first kappa shape index (κ1) is 25.0. The van der Waals surface area contributed by atoms with Gasteiger partial charge in [0.05, 0.1) is 26.8 Å². The highest BCUT2D eigenvalue weighted by molar-refractivity contribution is 7.80. The van der Waals surface area contributed by atoms with Crippen molar-refractivity contribution in [3.8, 4) is 11.5 Å². The van der Waals surface area contributed by atoms with Crippen LogP contribution in [0.15, 0.2) is 66.9 Å². The second kappa shape index (κ2) is 10.7. The average Bonchev–Trinajstić information content (AvgIpc) is 3.12. The number of anilines is 1. The second-order valence-electron chi connectivity index (χ2n) is 7.95. The number of amides is 2. The molecule has 1 atom stereocenters. The highest BCUT2D eigenvalue weighted by Crippen LogP contribution is 2.36. The molecule has 1 fully saturated rings. The predicted molar refractivity (Wildman–Crippen MR) is 135 cm³/mol. The SMILES string of the molecule is COc1ccc(CNN2C(=S)NC(=O)C2(CC(=O)Nc2ccc(OC)cn2)c2ccc(F)cc2)cc1. The maximum absolute atomic E-state index is 13.7. The van der Waals surface area contributed by atoms with Crippen LogP contribution in [-0.4, -0.2) is 41.1 Å². The van der Waals surface area contributed by atoms with Crippen molar-refractivity contribution in [1.29, 1.82) is 0 Å². The smallest absolute Gasteiger partial charge is 0.258 e. The van der Waals surface area contributed by atoms with E-state index in [-0.39, 0.29) is 17.4 Å². The molecule has 1 saturated heterocycles. The topological polar surface area (TPSA) is 105 Å². The number of methoxy groups -OCH3 is 2. The van der Waals surface area contributed by atoms with E-state index in [9.17, 15) is 14.0 Å². The summed E-state index contributed by atoms with van der Waals surface area (Å²) in [5.41, 5.74) is 2.87. The van der Waals surface area contributed by atoms with E-state index in [0.717, 1.165) is 5.56 Å². The third-order valence-corrected chi connectivity index (χ3v) is 6.04. The van der Waals surface area contributed by atoms with Crippen molar-refractivity contribution in [3.05, 3.63) is 83.8 Å². The Morgan fingerprint density at radius 2 is 1.72 bits per heavy atom. The van der Waals surface area contributed by atoms with Crippen molar-refractivity contribution in [1.82, 2.24) is 20.7 Å². The number of hydrogen-bond acceptors (Lipinski definition) is 7. The van der Waals surface area contributed by atoms with Crippen LogP contribution in [0.1, 0.15) is 17.5 Å². The maximum atomic E-state index is 13.7. The molecule has 36 heavy (non-hydrogen) atoms. The van der Waals surface area contributed by atoms with E-state index in [0.29, 0.717) is 23.6 Å². The van der Waals surface area contributed by atoms with Gasteiger partial charge in [0.15, 0.2) is 10.7 Å². The largest absolute Gasteiger partial charge is 0.497 e. The molecular formula is C25H24FN5O4S. The molecule has 3 aromatic rings. The molecule has 1 aliphatic rings. The number of nitrogens with zero attached hydrogens (tertiary/aromatic N) is 2. The number of ether oxygens (including phenoxy) is 2. The summed E-state index contributed by atoms with van der Waals surface area (Å²) in [5, 5.41) is 6.88. The fourth-order valence-corrected chi connectivity index (χ4v) is 4.21. The van der Waals surface area contributed by atoms with E-state index in [4.69, 9.17) is 21.7 Å². The van der Waals surface area contributed by atoms with Crippen LogP contribution >= 0.6 is 12.2 Å². The van der Waals surface area contributed by atoms with Crippen LogP contribution in [0.25, 0.3) is 0 Å². The molecule has 9 nitrogen and oxygen atoms in total. The van der Waals surface area contributed by atoms with Gasteiger partial charge in [-0.2, -0.15) is 0 Å². The van der Waals surface area contributed by atoms with Gasteiger partial charge >= 0.3 is 0 Å². The Morgan fingerprint density at radius 1 is 1.06 bits per heavy atom. The van der Waals surface area contributed by atoms with Crippen LogP contribution < -0.4 is 25.5 Å². The van der Waals surface area contributed by atoms with E-state index in [1.165, 1.54) is 42.6 Å². The van der Waals surface area contributed by atoms with Gasteiger partial charge in [-0.3, -0.25) is 19.9 Å². The minimum Gasteiger partial charge on any atom is -0.497 e. The molecule has 0 aliphatic carbocycles. The number of pyridine rings is 1. The molecule has 1 aromatic heterocycles. The zero-order valence-corrected chi connectivity index (χ0v) is 20.4. The minimum absolute atomic E-state index is 0.0909. The predicted octanol–water partition coefficient (Wildman–Crippen LogP) is 2.88. The molecule has 0 saturated carbocycles. The lowest BCUT2D eigenvalue weighted by molar-refractivity contribution is -0.133. The number of carbonyl (C=O) groups excluding carboxylic acids is 2. The van der Waals surface area contributed by atoms with E-state index in [1.807, 2.05) is 24.3 Å². The molecule has 4 rings (SSSR count). The molecule has 3 N–H and O–H groups in total. The van der Waals surface area contributed by atoms with Crippen LogP contribution in [0.5, 0.6) is 11.5 Å². The van der Waals surface area contributed by atoms with E-state index < -0.39 is 23.2 Å². The summed E-state index contributed by atoms with van der Waals surface area (Å²) in [4.78, 5) is 30.7. The van der Waals surface area contributed by atoms with Crippen molar-refractivity contribution in [2.45, 2.75) is 18.5 Å². The molecule has 0 radical (unpaired) electrons. The summed E-state index contributed by atoms with van der Waals surface area (Å²) in [5.74, 6) is 0.0440.